The maximum Gasteiger partial charge on any atom is 0.230 e. The highest BCUT2D eigenvalue weighted by Gasteiger charge is 2.11. The van der Waals surface area contributed by atoms with Gasteiger partial charge in [-0.2, -0.15) is 15.0 Å². The predicted octanol–water partition coefficient (Wildman–Crippen LogP) is 1.38. The van der Waals surface area contributed by atoms with Crippen LogP contribution in [-0.2, 0) is 0 Å². The van der Waals surface area contributed by atoms with Gasteiger partial charge >= 0.3 is 0 Å². The fraction of sp³-hybridized carbons (Fsp3) is 0.308. The van der Waals surface area contributed by atoms with Crippen LogP contribution in [0.2, 0.25) is 0 Å². The average Bonchev–Trinajstić information content (AvgIpc) is 2.39. The summed E-state index contributed by atoms with van der Waals surface area (Å²) in [4.78, 5) is 16.8. The van der Waals surface area contributed by atoms with Gasteiger partial charge in [0.05, 0.1) is 0 Å². The van der Waals surface area contributed by atoms with Crippen molar-refractivity contribution in [3.8, 4) is 17.1 Å². The molecule has 6 heteroatoms. The van der Waals surface area contributed by atoms with Crippen molar-refractivity contribution in [3.63, 3.8) is 0 Å². The van der Waals surface area contributed by atoms with Gasteiger partial charge in [-0.3, -0.25) is 0 Å². The van der Waals surface area contributed by atoms with Gasteiger partial charge in [0.2, 0.25) is 11.9 Å². The van der Waals surface area contributed by atoms with Crippen molar-refractivity contribution in [2.75, 3.05) is 38.0 Å². The molecule has 0 atom stereocenters. The van der Waals surface area contributed by atoms with Crippen LogP contribution in [0.15, 0.2) is 24.3 Å². The first kappa shape index (κ1) is 13.1. The normalized spacial score (nSPS) is 10.3. The minimum Gasteiger partial charge on any atom is -0.508 e. The zero-order valence-corrected chi connectivity index (χ0v) is 11.5. The van der Waals surface area contributed by atoms with Gasteiger partial charge in [0.15, 0.2) is 5.82 Å². The number of nitrogens with zero attached hydrogens (tertiary/aromatic N) is 5. The van der Waals surface area contributed by atoms with E-state index >= 15 is 0 Å². The molecule has 2 aromatic rings. The number of aromatic hydroxyl groups is 1. The molecule has 0 saturated heterocycles. The summed E-state index contributed by atoms with van der Waals surface area (Å²) in [5.74, 6) is 2.00. The predicted molar refractivity (Wildman–Crippen MR) is 75.6 cm³/mol. The molecular formula is C13H17N5O. The third kappa shape index (κ3) is 2.90. The fourth-order valence-electron chi connectivity index (χ4n) is 1.49. The van der Waals surface area contributed by atoms with Crippen molar-refractivity contribution >= 4 is 11.9 Å². The van der Waals surface area contributed by atoms with E-state index in [9.17, 15) is 5.11 Å². The monoisotopic (exact) mass is 259 g/mol. The molecule has 0 amide bonds. The summed E-state index contributed by atoms with van der Waals surface area (Å²) in [6.45, 7) is 0. The lowest BCUT2D eigenvalue weighted by Crippen LogP contribution is -2.19. The zero-order chi connectivity index (χ0) is 14.0. The van der Waals surface area contributed by atoms with Gasteiger partial charge in [-0.1, -0.05) is 0 Å². The van der Waals surface area contributed by atoms with E-state index in [4.69, 9.17) is 0 Å². The van der Waals surface area contributed by atoms with Gasteiger partial charge in [-0.25, -0.2) is 0 Å². The SMILES string of the molecule is CN(C)c1nc(-c2ccc(O)cc2)nc(N(C)C)n1. The van der Waals surface area contributed by atoms with E-state index in [1.807, 2.05) is 38.0 Å². The quantitative estimate of drug-likeness (QED) is 0.898. The number of anilines is 2. The average molecular weight is 259 g/mol. The Bertz CT molecular complexity index is 539. The number of phenolic OH excluding ortho intramolecular Hbond substituents is 1. The van der Waals surface area contributed by atoms with Crippen molar-refractivity contribution in [2.45, 2.75) is 0 Å². The summed E-state index contributed by atoms with van der Waals surface area (Å²) in [6.07, 6.45) is 0. The Morgan fingerprint density at radius 3 is 1.68 bits per heavy atom. The van der Waals surface area contributed by atoms with Gasteiger partial charge in [-0.05, 0) is 24.3 Å². The molecule has 6 nitrogen and oxygen atoms in total. The lowest BCUT2D eigenvalue weighted by atomic mass is 10.2. The second kappa shape index (κ2) is 5.09. The molecule has 1 N–H and O–H groups in total. The molecule has 100 valence electrons. The van der Waals surface area contributed by atoms with Crippen molar-refractivity contribution in [1.82, 2.24) is 15.0 Å². The Hall–Kier alpha value is -2.37. The number of benzene rings is 1. The summed E-state index contributed by atoms with van der Waals surface area (Å²) >= 11 is 0. The molecule has 0 bridgehead atoms. The molecule has 1 heterocycles. The number of hydrogen-bond donors (Lipinski definition) is 1. The van der Waals surface area contributed by atoms with Gasteiger partial charge in [0, 0.05) is 33.8 Å². The van der Waals surface area contributed by atoms with Crippen LogP contribution in [0.5, 0.6) is 5.75 Å². The third-order valence-corrected chi connectivity index (χ3v) is 2.54. The van der Waals surface area contributed by atoms with Crippen molar-refractivity contribution in [2.24, 2.45) is 0 Å². The van der Waals surface area contributed by atoms with Crippen LogP contribution in [-0.4, -0.2) is 48.2 Å². The van der Waals surface area contributed by atoms with Gasteiger partial charge in [0.1, 0.15) is 5.75 Å². The second-order valence-corrected chi connectivity index (χ2v) is 4.59. The molecule has 0 unspecified atom stereocenters. The fourth-order valence-corrected chi connectivity index (χ4v) is 1.49. The Balaban J connectivity index is 2.52. The Labute approximate surface area is 112 Å². The van der Waals surface area contributed by atoms with Crippen LogP contribution in [0.1, 0.15) is 0 Å². The van der Waals surface area contributed by atoms with E-state index in [2.05, 4.69) is 15.0 Å². The first-order valence-electron chi connectivity index (χ1n) is 5.87. The lowest BCUT2D eigenvalue weighted by molar-refractivity contribution is 0.475. The largest absolute Gasteiger partial charge is 0.508 e. The van der Waals surface area contributed by atoms with Crippen LogP contribution >= 0.6 is 0 Å². The minimum absolute atomic E-state index is 0.221. The van der Waals surface area contributed by atoms with E-state index in [0.29, 0.717) is 17.7 Å². The van der Waals surface area contributed by atoms with E-state index in [-0.39, 0.29) is 5.75 Å². The van der Waals surface area contributed by atoms with E-state index in [1.54, 1.807) is 24.3 Å². The summed E-state index contributed by atoms with van der Waals surface area (Å²) < 4.78 is 0. The molecule has 0 fully saturated rings. The zero-order valence-electron chi connectivity index (χ0n) is 11.5. The van der Waals surface area contributed by atoms with E-state index < -0.39 is 0 Å². The van der Waals surface area contributed by atoms with Crippen LogP contribution in [0, 0.1) is 0 Å². The molecule has 0 aliphatic rings. The number of rotatable bonds is 3. The molecular weight excluding hydrogens is 242 g/mol. The molecule has 0 radical (unpaired) electrons. The Morgan fingerprint density at radius 1 is 0.789 bits per heavy atom. The Kier molecular flexibility index (Phi) is 3.50. The molecule has 0 aliphatic carbocycles. The number of hydrogen-bond acceptors (Lipinski definition) is 6. The summed E-state index contributed by atoms with van der Waals surface area (Å²) in [7, 11) is 7.54. The van der Waals surface area contributed by atoms with Gasteiger partial charge in [-0.15, -0.1) is 0 Å². The second-order valence-electron chi connectivity index (χ2n) is 4.59. The van der Waals surface area contributed by atoms with E-state index in [0.717, 1.165) is 5.56 Å². The summed E-state index contributed by atoms with van der Waals surface area (Å²) in [5.41, 5.74) is 0.839. The van der Waals surface area contributed by atoms with Crippen LogP contribution in [0.4, 0.5) is 11.9 Å². The lowest BCUT2D eigenvalue weighted by Gasteiger charge is -2.16. The number of aromatic nitrogens is 3. The first-order valence-corrected chi connectivity index (χ1v) is 5.87. The minimum atomic E-state index is 0.221. The molecule has 1 aromatic heterocycles. The maximum atomic E-state index is 9.32. The van der Waals surface area contributed by atoms with Gasteiger partial charge < -0.3 is 14.9 Å². The van der Waals surface area contributed by atoms with Gasteiger partial charge in [0.25, 0.3) is 0 Å². The molecule has 19 heavy (non-hydrogen) atoms. The van der Waals surface area contributed by atoms with Crippen molar-refractivity contribution < 1.29 is 5.11 Å². The smallest absolute Gasteiger partial charge is 0.230 e. The number of phenols is 1. The molecule has 0 spiro atoms. The summed E-state index contributed by atoms with van der Waals surface area (Å²) in [5, 5.41) is 9.32. The highest BCUT2D eigenvalue weighted by Crippen LogP contribution is 2.21. The van der Waals surface area contributed by atoms with Crippen LogP contribution in [0.3, 0.4) is 0 Å². The molecule has 2 rings (SSSR count). The maximum absolute atomic E-state index is 9.32. The van der Waals surface area contributed by atoms with Crippen LogP contribution < -0.4 is 9.80 Å². The first-order chi connectivity index (χ1) is 8.97. The van der Waals surface area contributed by atoms with Crippen LogP contribution in [0.25, 0.3) is 11.4 Å². The Morgan fingerprint density at radius 2 is 1.26 bits per heavy atom. The highest BCUT2D eigenvalue weighted by atomic mass is 16.3. The molecule has 0 aliphatic heterocycles. The standard InChI is InChI=1S/C13H17N5O/c1-17(2)12-14-11(15-13(16-12)18(3)4)9-5-7-10(19)8-6-9/h5-8,19H,1-4H3. The summed E-state index contributed by atoms with van der Waals surface area (Å²) in [6, 6.07) is 6.79. The highest BCUT2D eigenvalue weighted by molar-refractivity contribution is 5.59. The third-order valence-electron chi connectivity index (χ3n) is 2.54. The molecule has 0 saturated carbocycles. The molecule has 1 aromatic carbocycles. The van der Waals surface area contributed by atoms with E-state index in [1.165, 1.54) is 0 Å². The van der Waals surface area contributed by atoms with Crippen molar-refractivity contribution in [3.05, 3.63) is 24.3 Å². The van der Waals surface area contributed by atoms with Crippen molar-refractivity contribution in [1.29, 1.82) is 0 Å². The topological polar surface area (TPSA) is 65.4 Å².